The Bertz CT molecular complexity index is 948. The van der Waals surface area contributed by atoms with Gasteiger partial charge < -0.3 is 20.1 Å². The van der Waals surface area contributed by atoms with Gasteiger partial charge in [-0.25, -0.2) is 14.4 Å². The van der Waals surface area contributed by atoms with Crippen molar-refractivity contribution in [3.63, 3.8) is 0 Å². The molecule has 0 fully saturated rings. The molecule has 0 aliphatic heterocycles. The highest BCUT2D eigenvalue weighted by Gasteiger charge is 2.11. The van der Waals surface area contributed by atoms with Gasteiger partial charge in [0.05, 0.1) is 31.2 Å². The molecule has 2 aromatic carbocycles. The molecule has 3 aromatic rings. The van der Waals surface area contributed by atoms with Crippen molar-refractivity contribution in [2.24, 2.45) is 0 Å². The van der Waals surface area contributed by atoms with Crippen LogP contribution >= 0.6 is 0 Å². The van der Waals surface area contributed by atoms with E-state index in [9.17, 15) is 9.18 Å². The number of ether oxygens (including phenoxy) is 2. The maximum atomic E-state index is 13.6. The maximum absolute atomic E-state index is 13.6. The zero-order valence-electron chi connectivity index (χ0n) is 14.7. The number of nitrogens with zero attached hydrogens (tertiary/aromatic N) is 2. The largest absolute Gasteiger partial charge is 0.497 e. The molecule has 0 aliphatic rings. The third-order valence-corrected chi connectivity index (χ3v) is 3.69. The predicted molar refractivity (Wildman–Crippen MR) is 99.2 cm³/mol. The fourth-order valence-corrected chi connectivity index (χ4v) is 2.29. The molecule has 0 spiro atoms. The summed E-state index contributed by atoms with van der Waals surface area (Å²) >= 11 is 0. The van der Waals surface area contributed by atoms with Gasteiger partial charge in [-0.05, 0) is 24.3 Å². The summed E-state index contributed by atoms with van der Waals surface area (Å²) in [7, 11) is 3.10. The molecule has 1 heterocycles. The Morgan fingerprint density at radius 1 is 1.00 bits per heavy atom. The summed E-state index contributed by atoms with van der Waals surface area (Å²) in [5, 5.41) is 5.48. The Kier molecular flexibility index (Phi) is 5.46. The molecule has 7 nitrogen and oxygen atoms in total. The first-order chi connectivity index (χ1) is 13.1. The minimum Gasteiger partial charge on any atom is -0.497 e. The van der Waals surface area contributed by atoms with E-state index in [0.29, 0.717) is 17.2 Å². The second-order valence-electron chi connectivity index (χ2n) is 5.42. The van der Waals surface area contributed by atoms with Crippen LogP contribution in [0.3, 0.4) is 0 Å². The average molecular weight is 368 g/mol. The van der Waals surface area contributed by atoms with Crippen molar-refractivity contribution < 1.29 is 18.7 Å². The molecular formula is C19H17FN4O3. The smallest absolute Gasteiger partial charge is 0.258 e. The maximum Gasteiger partial charge on any atom is 0.258 e. The van der Waals surface area contributed by atoms with Gasteiger partial charge in [0.2, 0.25) is 5.95 Å². The van der Waals surface area contributed by atoms with Gasteiger partial charge in [-0.3, -0.25) is 4.79 Å². The van der Waals surface area contributed by atoms with E-state index < -0.39 is 11.7 Å². The molecule has 1 aromatic heterocycles. The highest BCUT2D eigenvalue weighted by atomic mass is 19.1. The number of halogens is 1. The second-order valence-corrected chi connectivity index (χ2v) is 5.42. The molecule has 0 atom stereocenters. The number of methoxy groups -OCH3 is 2. The third-order valence-electron chi connectivity index (χ3n) is 3.69. The summed E-state index contributed by atoms with van der Waals surface area (Å²) in [5.74, 6) is 0.462. The number of benzene rings is 2. The predicted octanol–water partition coefficient (Wildman–Crippen LogP) is 3.63. The van der Waals surface area contributed by atoms with Crippen molar-refractivity contribution in [3.05, 3.63) is 66.2 Å². The molecule has 3 rings (SSSR count). The third kappa shape index (κ3) is 4.30. The van der Waals surface area contributed by atoms with E-state index in [0.717, 1.165) is 0 Å². The van der Waals surface area contributed by atoms with Crippen LogP contribution in [0.1, 0.15) is 10.4 Å². The number of anilines is 3. The van der Waals surface area contributed by atoms with Crippen LogP contribution in [0.25, 0.3) is 0 Å². The van der Waals surface area contributed by atoms with Gasteiger partial charge in [-0.1, -0.05) is 12.1 Å². The standard InChI is InChI=1S/C19H17FN4O3/c1-26-13-7-8-16(17(9-13)27-2)24-19-21-10-12(11-22-19)18(25)23-15-6-4-3-5-14(15)20/h3-11H,1-2H3,(H,23,25)(H,21,22,24). The first-order valence-corrected chi connectivity index (χ1v) is 7.97. The summed E-state index contributed by atoms with van der Waals surface area (Å²) in [6, 6.07) is 11.2. The minimum absolute atomic E-state index is 0.0904. The van der Waals surface area contributed by atoms with Crippen LogP contribution < -0.4 is 20.1 Å². The van der Waals surface area contributed by atoms with E-state index in [2.05, 4.69) is 20.6 Å². The van der Waals surface area contributed by atoms with Crippen LogP contribution in [0, 0.1) is 5.82 Å². The number of amides is 1. The van der Waals surface area contributed by atoms with Crippen LogP contribution in [0.5, 0.6) is 11.5 Å². The van der Waals surface area contributed by atoms with Crippen molar-refractivity contribution in [3.8, 4) is 11.5 Å². The molecule has 8 heteroatoms. The molecule has 0 bridgehead atoms. The topological polar surface area (TPSA) is 85.4 Å². The van der Waals surface area contributed by atoms with Crippen molar-refractivity contribution in [2.45, 2.75) is 0 Å². The van der Waals surface area contributed by atoms with Gasteiger partial charge in [0.15, 0.2) is 0 Å². The van der Waals surface area contributed by atoms with Gasteiger partial charge in [0.25, 0.3) is 5.91 Å². The molecule has 0 radical (unpaired) electrons. The molecule has 0 aliphatic carbocycles. The lowest BCUT2D eigenvalue weighted by Gasteiger charge is -2.11. The van der Waals surface area contributed by atoms with Gasteiger partial charge in [-0.2, -0.15) is 0 Å². The molecule has 0 saturated heterocycles. The van der Waals surface area contributed by atoms with E-state index >= 15 is 0 Å². The zero-order valence-corrected chi connectivity index (χ0v) is 14.7. The molecule has 138 valence electrons. The number of nitrogens with one attached hydrogen (secondary N) is 2. The summed E-state index contributed by atoms with van der Waals surface area (Å²) < 4.78 is 24.1. The van der Waals surface area contributed by atoms with Crippen LogP contribution in [0.2, 0.25) is 0 Å². The van der Waals surface area contributed by atoms with Gasteiger partial charge in [-0.15, -0.1) is 0 Å². The molecule has 0 unspecified atom stereocenters. The Morgan fingerprint density at radius 2 is 1.74 bits per heavy atom. The van der Waals surface area contributed by atoms with E-state index in [1.54, 1.807) is 37.4 Å². The number of carbonyl (C=O) groups is 1. The average Bonchev–Trinajstić information content (AvgIpc) is 2.70. The summed E-state index contributed by atoms with van der Waals surface area (Å²) in [4.78, 5) is 20.4. The fraction of sp³-hybridized carbons (Fsp3) is 0.105. The van der Waals surface area contributed by atoms with Crippen molar-refractivity contribution in [1.82, 2.24) is 9.97 Å². The number of hydrogen-bond donors (Lipinski definition) is 2. The van der Waals surface area contributed by atoms with Crippen LogP contribution in [0.15, 0.2) is 54.9 Å². The first-order valence-electron chi connectivity index (χ1n) is 7.97. The lowest BCUT2D eigenvalue weighted by atomic mass is 10.2. The quantitative estimate of drug-likeness (QED) is 0.691. The lowest BCUT2D eigenvalue weighted by molar-refractivity contribution is 0.102. The van der Waals surface area contributed by atoms with Crippen LogP contribution in [0.4, 0.5) is 21.7 Å². The number of aromatic nitrogens is 2. The highest BCUT2D eigenvalue weighted by molar-refractivity contribution is 6.03. The van der Waals surface area contributed by atoms with E-state index in [4.69, 9.17) is 9.47 Å². The van der Waals surface area contributed by atoms with Crippen LogP contribution in [-0.4, -0.2) is 30.1 Å². The van der Waals surface area contributed by atoms with Crippen LogP contribution in [-0.2, 0) is 0 Å². The molecular weight excluding hydrogens is 351 g/mol. The van der Waals surface area contributed by atoms with Crippen molar-refractivity contribution >= 4 is 23.2 Å². The highest BCUT2D eigenvalue weighted by Crippen LogP contribution is 2.30. The summed E-state index contributed by atoms with van der Waals surface area (Å²) in [6.07, 6.45) is 2.70. The van der Waals surface area contributed by atoms with Gasteiger partial charge in [0, 0.05) is 18.5 Å². The monoisotopic (exact) mass is 368 g/mol. The Hall–Kier alpha value is -3.68. The van der Waals surface area contributed by atoms with E-state index in [-0.39, 0.29) is 17.2 Å². The van der Waals surface area contributed by atoms with Crippen molar-refractivity contribution in [2.75, 3.05) is 24.9 Å². The molecule has 2 N–H and O–H groups in total. The molecule has 0 saturated carbocycles. The number of hydrogen-bond acceptors (Lipinski definition) is 6. The minimum atomic E-state index is -0.517. The van der Waals surface area contributed by atoms with Crippen molar-refractivity contribution in [1.29, 1.82) is 0 Å². The normalized spacial score (nSPS) is 10.2. The van der Waals surface area contributed by atoms with E-state index in [1.165, 1.54) is 31.6 Å². The summed E-state index contributed by atoms with van der Waals surface area (Å²) in [5.41, 5.74) is 0.931. The number of carbonyl (C=O) groups excluding carboxylic acids is 1. The first kappa shape index (κ1) is 18.1. The molecule has 1 amide bonds. The number of para-hydroxylation sites is 1. The zero-order chi connectivity index (χ0) is 19.2. The molecule has 27 heavy (non-hydrogen) atoms. The number of rotatable bonds is 6. The summed E-state index contributed by atoms with van der Waals surface area (Å²) in [6.45, 7) is 0. The Morgan fingerprint density at radius 3 is 2.41 bits per heavy atom. The SMILES string of the molecule is COc1ccc(Nc2ncc(C(=O)Nc3ccccc3F)cn2)c(OC)c1. The Labute approximate surface area is 155 Å². The lowest BCUT2D eigenvalue weighted by Crippen LogP contribution is -2.14. The van der Waals surface area contributed by atoms with Gasteiger partial charge in [0.1, 0.15) is 17.3 Å². The fourth-order valence-electron chi connectivity index (χ4n) is 2.29. The Balaban J connectivity index is 1.72. The van der Waals surface area contributed by atoms with Gasteiger partial charge >= 0.3 is 0 Å². The van der Waals surface area contributed by atoms with E-state index in [1.807, 2.05) is 0 Å². The second kappa shape index (κ2) is 8.13.